The van der Waals surface area contributed by atoms with Gasteiger partial charge in [0.2, 0.25) is 0 Å². The molecule has 0 fully saturated rings. The van der Waals surface area contributed by atoms with E-state index in [-0.39, 0.29) is 25.9 Å². The van der Waals surface area contributed by atoms with E-state index in [1.54, 1.807) is 0 Å². The van der Waals surface area contributed by atoms with Crippen molar-refractivity contribution in [2.24, 2.45) is 5.14 Å². The van der Waals surface area contributed by atoms with Gasteiger partial charge in [0.15, 0.2) is 0 Å². The van der Waals surface area contributed by atoms with Crippen LogP contribution in [-0.2, 0) is 24.3 Å². The van der Waals surface area contributed by atoms with Crippen LogP contribution < -0.4 is 5.14 Å². The van der Waals surface area contributed by atoms with Crippen molar-refractivity contribution in [3.63, 3.8) is 0 Å². The molecule has 0 radical (unpaired) electrons. The molecule has 0 aromatic heterocycles. The minimum atomic E-state index is -0.794. The number of hydrogen-bond donors (Lipinski definition) is 2. The van der Waals surface area contributed by atoms with E-state index in [1.807, 2.05) is 0 Å². The Bertz CT molecular complexity index is 70.3. The Labute approximate surface area is 64.9 Å². The summed E-state index contributed by atoms with van der Waals surface area (Å²) in [4.78, 5) is 9.69. The fraction of sp³-hybridized carbons (Fsp3) is 0.667. The first-order chi connectivity index (χ1) is 3.27. The van der Waals surface area contributed by atoms with E-state index in [2.05, 4.69) is 0 Å². The summed E-state index contributed by atoms with van der Waals surface area (Å²) in [6, 6.07) is 0. The second kappa shape index (κ2) is 7.40. The maximum Gasteiger partial charge on any atom is 0.304 e. The summed E-state index contributed by atoms with van der Waals surface area (Å²) in [7, 11) is 0. The van der Waals surface area contributed by atoms with Crippen molar-refractivity contribution in [2.75, 3.05) is 5.75 Å². The number of aliphatic carboxylic acids is 1. The monoisotopic (exact) mass is 185 g/mol. The Morgan fingerprint density at radius 1 is 1.75 bits per heavy atom. The third kappa shape index (κ3) is 9.64. The van der Waals surface area contributed by atoms with Gasteiger partial charge in [0.25, 0.3) is 0 Å². The van der Waals surface area contributed by atoms with Crippen LogP contribution in [0.3, 0.4) is 0 Å². The molecule has 0 amide bonds. The van der Waals surface area contributed by atoms with Gasteiger partial charge in [0.1, 0.15) is 0 Å². The smallest absolute Gasteiger partial charge is 0.304 e. The number of carbonyl (C=O) groups is 1. The van der Waals surface area contributed by atoms with E-state index in [0.29, 0.717) is 5.75 Å². The molecule has 0 heterocycles. The van der Waals surface area contributed by atoms with Gasteiger partial charge in [-0.1, -0.05) is 11.9 Å². The molecule has 0 aromatic rings. The fourth-order valence-corrected chi connectivity index (χ4v) is 0.439. The predicted octanol–water partition coefficient (Wildman–Crippen LogP) is 0.0655. The van der Waals surface area contributed by atoms with Crippen LogP contribution in [0, 0.1) is 0 Å². The van der Waals surface area contributed by atoms with Gasteiger partial charge in [-0.2, -0.15) is 0 Å². The summed E-state index contributed by atoms with van der Waals surface area (Å²) < 4.78 is 0. The fourth-order valence-electron chi connectivity index (χ4n) is 0.146. The summed E-state index contributed by atoms with van der Waals surface area (Å²) in [6.45, 7) is 0. The predicted molar refractivity (Wildman–Crippen MR) is 28.9 cm³/mol. The average molecular weight is 187 g/mol. The van der Waals surface area contributed by atoms with Gasteiger partial charge in [-0.05, 0) is 0 Å². The zero-order chi connectivity index (χ0) is 5.70. The van der Waals surface area contributed by atoms with Crippen molar-refractivity contribution in [2.45, 2.75) is 6.42 Å². The van der Waals surface area contributed by atoms with Crippen molar-refractivity contribution in [3.05, 3.63) is 0 Å². The third-order valence-electron chi connectivity index (χ3n) is 0.434. The van der Waals surface area contributed by atoms with Gasteiger partial charge in [0.05, 0.1) is 6.42 Å². The average Bonchev–Trinajstić information content (AvgIpc) is 1.61. The standard InChI is InChI=1S/C3H7NO2S.Zn/c4-7-2-1-3(5)6;/h1-2,4H2,(H,5,6);. The first-order valence-corrected chi connectivity index (χ1v) is 2.85. The van der Waals surface area contributed by atoms with Crippen molar-refractivity contribution in [1.29, 1.82) is 0 Å². The summed E-state index contributed by atoms with van der Waals surface area (Å²) in [6.07, 6.45) is 0.154. The maximum atomic E-state index is 9.69. The number of rotatable bonds is 3. The molecule has 0 aliphatic rings. The van der Waals surface area contributed by atoms with Crippen LogP contribution in [0.25, 0.3) is 0 Å². The molecular weight excluding hydrogens is 179 g/mol. The van der Waals surface area contributed by atoms with Crippen molar-refractivity contribution >= 4 is 17.9 Å². The molecule has 0 saturated heterocycles. The molecule has 0 atom stereocenters. The second-order valence-electron chi connectivity index (χ2n) is 1.01. The number of carboxylic acid groups (broad SMARTS) is 1. The number of nitrogens with two attached hydrogens (primary N) is 1. The van der Waals surface area contributed by atoms with Crippen LogP contribution in [0.4, 0.5) is 0 Å². The summed E-state index contributed by atoms with van der Waals surface area (Å²) in [5, 5.41) is 12.9. The molecule has 0 unspecified atom stereocenters. The van der Waals surface area contributed by atoms with Gasteiger partial charge < -0.3 is 5.11 Å². The van der Waals surface area contributed by atoms with Crippen LogP contribution in [-0.4, -0.2) is 16.8 Å². The molecular formula is C3H7NO2SZn. The molecule has 0 rings (SSSR count). The molecule has 0 bridgehead atoms. The number of hydrogen-bond acceptors (Lipinski definition) is 3. The van der Waals surface area contributed by atoms with E-state index >= 15 is 0 Å². The molecule has 0 aromatic carbocycles. The second-order valence-corrected chi connectivity index (χ2v) is 1.76. The van der Waals surface area contributed by atoms with Crippen LogP contribution in [0.15, 0.2) is 0 Å². The molecule has 3 N–H and O–H groups in total. The summed E-state index contributed by atoms with van der Waals surface area (Å²) >= 11 is 1.05. The van der Waals surface area contributed by atoms with E-state index in [1.165, 1.54) is 0 Å². The first-order valence-electron chi connectivity index (χ1n) is 1.81. The van der Waals surface area contributed by atoms with Gasteiger partial charge in [0, 0.05) is 25.2 Å². The molecule has 0 saturated carbocycles. The van der Waals surface area contributed by atoms with Crippen LogP contribution in [0.1, 0.15) is 6.42 Å². The van der Waals surface area contributed by atoms with Gasteiger partial charge >= 0.3 is 5.97 Å². The molecule has 0 aliphatic carbocycles. The van der Waals surface area contributed by atoms with E-state index < -0.39 is 5.97 Å². The minimum absolute atomic E-state index is 0. The molecule has 3 nitrogen and oxygen atoms in total. The van der Waals surface area contributed by atoms with E-state index in [0.717, 1.165) is 11.9 Å². The van der Waals surface area contributed by atoms with Gasteiger partial charge in [-0.15, -0.1) is 0 Å². The van der Waals surface area contributed by atoms with Gasteiger partial charge in [-0.25, -0.2) is 0 Å². The van der Waals surface area contributed by atoms with Gasteiger partial charge in [-0.3, -0.25) is 9.93 Å². The zero-order valence-electron chi connectivity index (χ0n) is 4.46. The molecule has 0 aliphatic heterocycles. The maximum absolute atomic E-state index is 9.69. The normalized spacial score (nSPS) is 7.62. The molecule has 5 heteroatoms. The Kier molecular flexibility index (Phi) is 10.4. The molecule has 8 heavy (non-hydrogen) atoms. The Balaban J connectivity index is 0. The van der Waals surface area contributed by atoms with E-state index in [9.17, 15) is 4.79 Å². The first kappa shape index (κ1) is 11.2. The van der Waals surface area contributed by atoms with Crippen LogP contribution in [0.5, 0.6) is 0 Å². The van der Waals surface area contributed by atoms with Crippen molar-refractivity contribution in [1.82, 2.24) is 0 Å². The van der Waals surface area contributed by atoms with Crippen molar-refractivity contribution < 1.29 is 29.4 Å². The van der Waals surface area contributed by atoms with Crippen LogP contribution >= 0.6 is 11.9 Å². The van der Waals surface area contributed by atoms with E-state index in [4.69, 9.17) is 10.2 Å². The minimum Gasteiger partial charge on any atom is -0.481 e. The Morgan fingerprint density at radius 2 is 2.25 bits per heavy atom. The van der Waals surface area contributed by atoms with Crippen molar-refractivity contribution in [3.8, 4) is 0 Å². The molecule has 0 spiro atoms. The topological polar surface area (TPSA) is 63.3 Å². The Hall–Kier alpha value is 0.403. The summed E-state index contributed by atoms with van der Waals surface area (Å²) in [5.41, 5.74) is 0. The quantitative estimate of drug-likeness (QED) is 0.484. The third-order valence-corrected chi connectivity index (χ3v) is 0.874. The van der Waals surface area contributed by atoms with Crippen LogP contribution in [0.2, 0.25) is 0 Å². The SMILES string of the molecule is NSCCC(=O)O.[Zn]. The zero-order valence-corrected chi connectivity index (χ0v) is 8.25. The summed E-state index contributed by atoms with van der Waals surface area (Å²) in [5.74, 6) is -0.298. The Morgan fingerprint density at radius 3 is 2.38 bits per heavy atom. The largest absolute Gasteiger partial charge is 0.481 e. The molecule has 44 valence electrons. The number of carboxylic acids is 1.